The SMILES string of the molecule is CC[C@H](Oc1ccccc1C)C(=O)N[C@@H](C)c1ccc(N2CCC(C)CC2)cc1. The van der Waals surface area contributed by atoms with E-state index in [0.717, 1.165) is 35.9 Å². The summed E-state index contributed by atoms with van der Waals surface area (Å²) >= 11 is 0. The molecule has 1 amide bonds. The molecule has 0 spiro atoms. The number of ether oxygens (including phenoxy) is 1. The minimum absolute atomic E-state index is 0.0625. The van der Waals surface area contributed by atoms with E-state index in [9.17, 15) is 4.79 Å². The van der Waals surface area contributed by atoms with Crippen LogP contribution in [0.4, 0.5) is 5.69 Å². The summed E-state index contributed by atoms with van der Waals surface area (Å²) in [5.41, 5.74) is 3.42. The monoisotopic (exact) mass is 394 g/mol. The fourth-order valence-electron chi connectivity index (χ4n) is 3.79. The third kappa shape index (κ3) is 5.53. The van der Waals surface area contributed by atoms with Gasteiger partial charge in [-0.3, -0.25) is 4.79 Å². The topological polar surface area (TPSA) is 41.6 Å². The highest BCUT2D eigenvalue weighted by Gasteiger charge is 2.22. The van der Waals surface area contributed by atoms with Crippen molar-refractivity contribution in [3.63, 3.8) is 0 Å². The van der Waals surface area contributed by atoms with Crippen LogP contribution in [-0.4, -0.2) is 25.1 Å². The molecule has 29 heavy (non-hydrogen) atoms. The number of nitrogens with zero attached hydrogens (tertiary/aromatic N) is 1. The standard InChI is InChI=1S/C25H34N2O2/c1-5-23(29-24-9-7-6-8-19(24)3)25(28)26-20(4)21-10-12-22(13-11-21)27-16-14-18(2)15-17-27/h6-13,18,20,23H,5,14-17H2,1-4H3,(H,26,28)/t20-,23-/m0/s1. The Morgan fingerprint density at radius 2 is 1.79 bits per heavy atom. The maximum atomic E-state index is 12.8. The van der Waals surface area contributed by atoms with Crippen LogP contribution in [0.3, 0.4) is 0 Å². The number of carbonyl (C=O) groups is 1. The molecule has 1 saturated heterocycles. The zero-order valence-corrected chi connectivity index (χ0v) is 18.2. The molecule has 2 aromatic rings. The summed E-state index contributed by atoms with van der Waals surface area (Å²) in [5, 5.41) is 3.11. The van der Waals surface area contributed by atoms with Crippen molar-refractivity contribution >= 4 is 11.6 Å². The number of para-hydroxylation sites is 1. The zero-order chi connectivity index (χ0) is 20.8. The first-order valence-electron chi connectivity index (χ1n) is 10.9. The van der Waals surface area contributed by atoms with E-state index in [4.69, 9.17) is 4.74 Å². The predicted octanol–water partition coefficient (Wildman–Crippen LogP) is 5.27. The van der Waals surface area contributed by atoms with Crippen LogP contribution in [0.25, 0.3) is 0 Å². The van der Waals surface area contributed by atoms with Crippen LogP contribution in [0.5, 0.6) is 5.75 Å². The number of piperidine rings is 1. The van der Waals surface area contributed by atoms with E-state index in [2.05, 4.69) is 41.4 Å². The van der Waals surface area contributed by atoms with Gasteiger partial charge in [-0.05, 0) is 68.4 Å². The molecule has 0 radical (unpaired) electrons. The molecule has 2 atom stereocenters. The Morgan fingerprint density at radius 1 is 1.14 bits per heavy atom. The lowest BCUT2D eigenvalue weighted by Crippen LogP contribution is -2.39. The molecule has 1 heterocycles. The van der Waals surface area contributed by atoms with Crippen molar-refractivity contribution in [3.8, 4) is 5.75 Å². The van der Waals surface area contributed by atoms with Gasteiger partial charge in [-0.15, -0.1) is 0 Å². The van der Waals surface area contributed by atoms with Crippen molar-refractivity contribution in [2.24, 2.45) is 5.92 Å². The Balaban J connectivity index is 1.59. The summed E-state index contributed by atoms with van der Waals surface area (Å²) in [7, 11) is 0. The summed E-state index contributed by atoms with van der Waals surface area (Å²) in [6.07, 6.45) is 2.65. The highest BCUT2D eigenvalue weighted by atomic mass is 16.5. The third-order valence-electron chi connectivity index (χ3n) is 5.93. The van der Waals surface area contributed by atoms with Crippen molar-refractivity contribution in [1.82, 2.24) is 5.32 Å². The van der Waals surface area contributed by atoms with Gasteiger partial charge in [0.1, 0.15) is 5.75 Å². The Morgan fingerprint density at radius 3 is 2.41 bits per heavy atom. The van der Waals surface area contributed by atoms with E-state index >= 15 is 0 Å². The number of nitrogens with one attached hydrogen (secondary N) is 1. The second-order valence-corrected chi connectivity index (χ2v) is 8.27. The smallest absolute Gasteiger partial charge is 0.261 e. The van der Waals surface area contributed by atoms with Crippen molar-refractivity contribution in [1.29, 1.82) is 0 Å². The zero-order valence-electron chi connectivity index (χ0n) is 18.2. The van der Waals surface area contributed by atoms with Gasteiger partial charge in [-0.2, -0.15) is 0 Å². The first kappa shape index (κ1) is 21.2. The van der Waals surface area contributed by atoms with Crippen LogP contribution in [0.2, 0.25) is 0 Å². The Kier molecular flexibility index (Phi) is 7.18. The van der Waals surface area contributed by atoms with Crippen LogP contribution in [0, 0.1) is 12.8 Å². The number of benzene rings is 2. The highest BCUT2D eigenvalue weighted by molar-refractivity contribution is 5.81. The molecular formula is C25H34N2O2. The molecule has 1 N–H and O–H groups in total. The number of carbonyl (C=O) groups excluding carboxylic acids is 1. The molecule has 4 nitrogen and oxygen atoms in total. The lowest BCUT2D eigenvalue weighted by molar-refractivity contribution is -0.128. The summed E-state index contributed by atoms with van der Waals surface area (Å²) < 4.78 is 5.98. The largest absolute Gasteiger partial charge is 0.480 e. The molecule has 1 aliphatic heterocycles. The van der Waals surface area contributed by atoms with Crippen LogP contribution in [0.15, 0.2) is 48.5 Å². The van der Waals surface area contributed by atoms with E-state index in [1.807, 2.05) is 45.0 Å². The number of hydrogen-bond acceptors (Lipinski definition) is 3. The van der Waals surface area contributed by atoms with Crippen molar-refractivity contribution in [2.45, 2.75) is 59.1 Å². The summed E-state index contributed by atoms with van der Waals surface area (Å²) in [5.74, 6) is 1.52. The van der Waals surface area contributed by atoms with Crippen LogP contribution >= 0.6 is 0 Å². The van der Waals surface area contributed by atoms with Gasteiger partial charge >= 0.3 is 0 Å². The van der Waals surface area contributed by atoms with E-state index < -0.39 is 6.10 Å². The number of aryl methyl sites for hydroxylation is 1. The second-order valence-electron chi connectivity index (χ2n) is 8.27. The Hall–Kier alpha value is -2.49. The van der Waals surface area contributed by atoms with Crippen molar-refractivity contribution in [3.05, 3.63) is 59.7 Å². The molecule has 0 saturated carbocycles. The van der Waals surface area contributed by atoms with Gasteiger partial charge < -0.3 is 15.0 Å². The molecule has 0 unspecified atom stereocenters. The average molecular weight is 395 g/mol. The first-order valence-corrected chi connectivity index (χ1v) is 10.9. The summed E-state index contributed by atoms with van der Waals surface area (Å²) in [6, 6.07) is 16.3. The second kappa shape index (κ2) is 9.82. The van der Waals surface area contributed by atoms with Crippen LogP contribution in [0.1, 0.15) is 57.2 Å². The van der Waals surface area contributed by atoms with Gasteiger partial charge in [-0.1, -0.05) is 44.2 Å². The fourth-order valence-corrected chi connectivity index (χ4v) is 3.79. The Labute approximate surface area is 175 Å². The minimum atomic E-state index is -0.492. The molecule has 0 aliphatic carbocycles. The average Bonchev–Trinajstić information content (AvgIpc) is 2.73. The van der Waals surface area contributed by atoms with Gasteiger partial charge in [0.25, 0.3) is 5.91 Å². The van der Waals surface area contributed by atoms with E-state index in [0.29, 0.717) is 6.42 Å². The molecule has 4 heteroatoms. The molecule has 2 aromatic carbocycles. The number of anilines is 1. The van der Waals surface area contributed by atoms with Crippen molar-refractivity contribution in [2.75, 3.05) is 18.0 Å². The third-order valence-corrected chi connectivity index (χ3v) is 5.93. The minimum Gasteiger partial charge on any atom is -0.480 e. The predicted molar refractivity (Wildman–Crippen MR) is 119 cm³/mol. The first-order chi connectivity index (χ1) is 14.0. The Bertz CT molecular complexity index is 795. The van der Waals surface area contributed by atoms with E-state index in [1.54, 1.807) is 0 Å². The van der Waals surface area contributed by atoms with Crippen LogP contribution in [-0.2, 0) is 4.79 Å². The molecule has 0 bridgehead atoms. The van der Waals surface area contributed by atoms with Crippen molar-refractivity contribution < 1.29 is 9.53 Å². The molecule has 3 rings (SSSR count). The molecule has 1 fully saturated rings. The fraction of sp³-hybridized carbons (Fsp3) is 0.480. The molecule has 1 aliphatic rings. The maximum absolute atomic E-state index is 12.8. The van der Waals surface area contributed by atoms with Gasteiger partial charge in [-0.25, -0.2) is 0 Å². The molecule has 0 aromatic heterocycles. The number of rotatable bonds is 7. The van der Waals surface area contributed by atoms with E-state index in [-0.39, 0.29) is 11.9 Å². The lowest BCUT2D eigenvalue weighted by Gasteiger charge is -2.32. The normalized spacial score (nSPS) is 16.9. The summed E-state index contributed by atoms with van der Waals surface area (Å²) in [6.45, 7) is 10.6. The highest BCUT2D eigenvalue weighted by Crippen LogP contribution is 2.25. The van der Waals surface area contributed by atoms with Crippen LogP contribution < -0.4 is 15.0 Å². The maximum Gasteiger partial charge on any atom is 0.261 e. The summed E-state index contributed by atoms with van der Waals surface area (Å²) in [4.78, 5) is 15.2. The number of hydrogen-bond donors (Lipinski definition) is 1. The molecule has 156 valence electrons. The van der Waals surface area contributed by atoms with E-state index in [1.165, 1.54) is 18.5 Å². The number of amides is 1. The lowest BCUT2D eigenvalue weighted by atomic mass is 9.98. The van der Waals surface area contributed by atoms with Gasteiger partial charge in [0, 0.05) is 18.8 Å². The van der Waals surface area contributed by atoms with Gasteiger partial charge in [0.05, 0.1) is 6.04 Å². The van der Waals surface area contributed by atoms with Gasteiger partial charge in [0.2, 0.25) is 0 Å². The molecular weight excluding hydrogens is 360 g/mol. The quantitative estimate of drug-likeness (QED) is 0.696. The van der Waals surface area contributed by atoms with Gasteiger partial charge in [0.15, 0.2) is 6.10 Å².